The highest BCUT2D eigenvalue weighted by atomic mass is 32.2. The first kappa shape index (κ1) is 17.2. The summed E-state index contributed by atoms with van der Waals surface area (Å²) < 4.78 is 18.4. The van der Waals surface area contributed by atoms with E-state index in [4.69, 9.17) is 4.42 Å². The number of carbonyl (C=O) groups excluding carboxylic acids is 1. The molecule has 25 heavy (non-hydrogen) atoms. The second-order valence-corrected chi connectivity index (χ2v) is 6.57. The van der Waals surface area contributed by atoms with E-state index in [0.717, 1.165) is 21.6 Å². The molecule has 0 aliphatic rings. The van der Waals surface area contributed by atoms with Crippen molar-refractivity contribution < 1.29 is 13.6 Å². The van der Waals surface area contributed by atoms with Crippen molar-refractivity contribution in [2.75, 3.05) is 11.1 Å². The van der Waals surface area contributed by atoms with Gasteiger partial charge < -0.3 is 4.42 Å². The third-order valence-corrected chi connectivity index (χ3v) is 4.49. The van der Waals surface area contributed by atoms with Crippen LogP contribution in [0.25, 0.3) is 11.5 Å². The first-order valence-corrected chi connectivity index (χ1v) is 8.59. The molecule has 5 nitrogen and oxygen atoms in total. The van der Waals surface area contributed by atoms with Gasteiger partial charge in [0.2, 0.25) is 11.8 Å². The second kappa shape index (κ2) is 7.48. The largest absolute Gasteiger partial charge is 0.403 e. The lowest BCUT2D eigenvalue weighted by molar-refractivity contribution is -0.113. The lowest BCUT2D eigenvalue weighted by Crippen LogP contribution is -2.14. The maximum atomic E-state index is 12.9. The first-order chi connectivity index (χ1) is 12.0. The number of aromatic nitrogens is 2. The Bertz CT molecular complexity index is 894. The van der Waals surface area contributed by atoms with Crippen LogP contribution >= 0.6 is 11.8 Å². The maximum absolute atomic E-state index is 12.9. The fourth-order valence-electron chi connectivity index (χ4n) is 2.18. The van der Waals surface area contributed by atoms with E-state index in [9.17, 15) is 9.18 Å². The molecule has 128 valence electrons. The zero-order chi connectivity index (χ0) is 17.8. The first-order valence-electron chi connectivity index (χ1n) is 7.60. The Morgan fingerprint density at radius 3 is 2.68 bits per heavy atom. The van der Waals surface area contributed by atoms with Crippen LogP contribution in [0.1, 0.15) is 11.1 Å². The summed E-state index contributed by atoms with van der Waals surface area (Å²) in [6, 6.07) is 12.0. The fourth-order valence-corrected chi connectivity index (χ4v) is 2.88. The SMILES string of the molecule is Cc1ccc(C)c(-c2nnc(NC(=O)CSc3ccc(F)cc3)o2)c1. The van der Waals surface area contributed by atoms with E-state index in [1.165, 1.54) is 23.9 Å². The molecule has 0 aliphatic carbocycles. The van der Waals surface area contributed by atoms with E-state index in [1.807, 2.05) is 32.0 Å². The zero-order valence-electron chi connectivity index (χ0n) is 13.7. The molecule has 0 unspecified atom stereocenters. The molecule has 1 heterocycles. The highest BCUT2D eigenvalue weighted by Crippen LogP contribution is 2.25. The molecule has 3 aromatic rings. The third kappa shape index (κ3) is 4.45. The number of benzene rings is 2. The molecule has 1 amide bonds. The number of anilines is 1. The Morgan fingerprint density at radius 1 is 1.16 bits per heavy atom. The summed E-state index contributed by atoms with van der Waals surface area (Å²) in [4.78, 5) is 12.8. The number of aryl methyl sites for hydroxylation is 2. The van der Waals surface area contributed by atoms with Crippen molar-refractivity contribution in [3.8, 4) is 11.5 Å². The summed E-state index contributed by atoms with van der Waals surface area (Å²) in [5.41, 5.74) is 2.94. The van der Waals surface area contributed by atoms with Crippen LogP contribution in [0.2, 0.25) is 0 Å². The number of amides is 1. The molecule has 0 saturated carbocycles. The molecule has 3 rings (SSSR count). The van der Waals surface area contributed by atoms with Crippen molar-refractivity contribution >= 4 is 23.7 Å². The second-order valence-electron chi connectivity index (χ2n) is 5.52. The summed E-state index contributed by atoms with van der Waals surface area (Å²) in [6.07, 6.45) is 0. The van der Waals surface area contributed by atoms with Gasteiger partial charge >= 0.3 is 6.01 Å². The predicted molar refractivity (Wildman–Crippen MR) is 95.0 cm³/mol. The van der Waals surface area contributed by atoms with Gasteiger partial charge in [-0.3, -0.25) is 10.1 Å². The number of rotatable bonds is 5. The van der Waals surface area contributed by atoms with E-state index in [1.54, 1.807) is 12.1 Å². The van der Waals surface area contributed by atoms with Gasteiger partial charge in [0.05, 0.1) is 5.75 Å². The lowest BCUT2D eigenvalue weighted by Gasteiger charge is -2.02. The molecule has 0 radical (unpaired) electrons. The van der Waals surface area contributed by atoms with Crippen molar-refractivity contribution in [2.24, 2.45) is 0 Å². The van der Waals surface area contributed by atoms with E-state index in [-0.39, 0.29) is 23.5 Å². The Kier molecular flexibility index (Phi) is 5.14. The number of nitrogens with one attached hydrogen (secondary N) is 1. The predicted octanol–water partition coefficient (Wildman–Crippen LogP) is 4.22. The van der Waals surface area contributed by atoms with Crippen molar-refractivity contribution in [1.29, 1.82) is 0 Å². The van der Waals surface area contributed by atoms with Crippen LogP contribution in [-0.2, 0) is 4.79 Å². The van der Waals surface area contributed by atoms with E-state index in [2.05, 4.69) is 15.5 Å². The van der Waals surface area contributed by atoms with Crippen LogP contribution in [0.5, 0.6) is 0 Å². The van der Waals surface area contributed by atoms with Crippen molar-refractivity contribution in [1.82, 2.24) is 10.2 Å². The van der Waals surface area contributed by atoms with Gasteiger partial charge in [-0.2, -0.15) is 0 Å². The van der Waals surface area contributed by atoms with E-state index >= 15 is 0 Å². The molecule has 1 aromatic heterocycles. The van der Waals surface area contributed by atoms with Crippen LogP contribution in [-0.4, -0.2) is 21.9 Å². The van der Waals surface area contributed by atoms with Crippen LogP contribution in [0, 0.1) is 19.7 Å². The summed E-state index contributed by atoms with van der Waals surface area (Å²) in [5, 5.41) is 10.4. The van der Waals surface area contributed by atoms with Gasteiger partial charge in [-0.15, -0.1) is 16.9 Å². The molecule has 0 saturated heterocycles. The standard InChI is InChI=1S/C18H16FN3O2S/c1-11-3-4-12(2)15(9-11)17-21-22-18(24-17)20-16(23)10-25-14-7-5-13(19)6-8-14/h3-9H,10H2,1-2H3,(H,20,22,23). The average Bonchev–Trinajstić information content (AvgIpc) is 3.05. The summed E-state index contributed by atoms with van der Waals surface area (Å²) in [6.45, 7) is 3.94. The quantitative estimate of drug-likeness (QED) is 0.692. The maximum Gasteiger partial charge on any atom is 0.322 e. The zero-order valence-corrected chi connectivity index (χ0v) is 14.6. The number of thioether (sulfide) groups is 1. The number of carbonyl (C=O) groups is 1. The molecule has 7 heteroatoms. The smallest absolute Gasteiger partial charge is 0.322 e. The number of halogens is 1. The van der Waals surface area contributed by atoms with Crippen LogP contribution < -0.4 is 5.32 Å². The third-order valence-electron chi connectivity index (χ3n) is 3.48. The lowest BCUT2D eigenvalue weighted by atomic mass is 10.1. The summed E-state index contributed by atoms with van der Waals surface area (Å²) in [7, 11) is 0. The van der Waals surface area contributed by atoms with Crippen LogP contribution in [0.15, 0.2) is 51.8 Å². The highest BCUT2D eigenvalue weighted by Gasteiger charge is 2.13. The minimum atomic E-state index is -0.307. The summed E-state index contributed by atoms with van der Waals surface area (Å²) in [5.74, 6) is -0.0564. The molecular formula is C18H16FN3O2S. The van der Waals surface area contributed by atoms with Gasteiger partial charge in [0.25, 0.3) is 0 Å². The molecular weight excluding hydrogens is 341 g/mol. The Hall–Kier alpha value is -2.67. The Labute approximate surface area is 148 Å². The Morgan fingerprint density at radius 2 is 1.92 bits per heavy atom. The van der Waals surface area contributed by atoms with Gasteiger partial charge in [-0.1, -0.05) is 22.8 Å². The van der Waals surface area contributed by atoms with Gasteiger partial charge in [0, 0.05) is 10.5 Å². The number of nitrogens with zero attached hydrogens (tertiary/aromatic N) is 2. The van der Waals surface area contributed by atoms with Crippen molar-refractivity contribution in [2.45, 2.75) is 18.7 Å². The molecule has 0 bridgehead atoms. The monoisotopic (exact) mass is 357 g/mol. The number of hydrogen-bond donors (Lipinski definition) is 1. The minimum absolute atomic E-state index is 0.0561. The molecule has 1 N–H and O–H groups in total. The van der Waals surface area contributed by atoms with Gasteiger partial charge in [0.1, 0.15) is 5.82 Å². The van der Waals surface area contributed by atoms with Crippen molar-refractivity contribution in [3.63, 3.8) is 0 Å². The van der Waals surface area contributed by atoms with Gasteiger partial charge in [-0.25, -0.2) is 4.39 Å². The molecule has 0 aliphatic heterocycles. The topological polar surface area (TPSA) is 68.0 Å². The molecule has 0 atom stereocenters. The minimum Gasteiger partial charge on any atom is -0.403 e. The van der Waals surface area contributed by atoms with Gasteiger partial charge in [-0.05, 0) is 49.7 Å². The normalized spacial score (nSPS) is 10.7. The fraction of sp³-hybridized carbons (Fsp3) is 0.167. The Balaban J connectivity index is 1.62. The molecule has 0 fully saturated rings. The average molecular weight is 357 g/mol. The molecule has 2 aromatic carbocycles. The highest BCUT2D eigenvalue weighted by molar-refractivity contribution is 8.00. The van der Waals surface area contributed by atoms with Crippen molar-refractivity contribution in [3.05, 3.63) is 59.4 Å². The van der Waals surface area contributed by atoms with Gasteiger partial charge in [0.15, 0.2) is 0 Å². The van der Waals surface area contributed by atoms with Crippen LogP contribution in [0.3, 0.4) is 0 Å². The van der Waals surface area contributed by atoms with E-state index in [0.29, 0.717) is 5.89 Å². The van der Waals surface area contributed by atoms with E-state index < -0.39 is 0 Å². The number of hydrogen-bond acceptors (Lipinski definition) is 5. The summed E-state index contributed by atoms with van der Waals surface area (Å²) >= 11 is 1.30. The van der Waals surface area contributed by atoms with Crippen LogP contribution in [0.4, 0.5) is 10.4 Å². The molecule has 0 spiro atoms.